The molecular weight excluding hydrogens is 256 g/mol. The lowest BCUT2D eigenvalue weighted by molar-refractivity contribution is 0.0761. The minimum absolute atomic E-state index is 0.00212. The minimum atomic E-state index is 0.00212. The third-order valence-corrected chi connectivity index (χ3v) is 3.41. The van der Waals surface area contributed by atoms with Crippen LogP contribution in [0.2, 0.25) is 0 Å². The van der Waals surface area contributed by atoms with E-state index in [0.717, 1.165) is 12.2 Å². The summed E-state index contributed by atoms with van der Waals surface area (Å²) in [6, 6.07) is 5.44. The zero-order valence-electron chi connectivity index (χ0n) is 11.3. The molecule has 0 saturated carbocycles. The van der Waals surface area contributed by atoms with Crippen molar-refractivity contribution in [3.8, 4) is 5.75 Å². The molecule has 20 heavy (non-hydrogen) atoms. The van der Waals surface area contributed by atoms with Gasteiger partial charge in [-0.25, -0.2) is 0 Å². The van der Waals surface area contributed by atoms with E-state index >= 15 is 0 Å². The van der Waals surface area contributed by atoms with E-state index in [9.17, 15) is 4.79 Å². The van der Waals surface area contributed by atoms with Crippen molar-refractivity contribution >= 4 is 5.91 Å². The number of aryl methyl sites for hydroxylation is 1. The van der Waals surface area contributed by atoms with Gasteiger partial charge in [-0.1, -0.05) is 0 Å². The second kappa shape index (κ2) is 5.32. The van der Waals surface area contributed by atoms with Crippen molar-refractivity contribution in [2.24, 2.45) is 7.05 Å². The maximum absolute atomic E-state index is 12.3. The number of nitrogens with zero attached hydrogens (tertiary/aromatic N) is 4. The summed E-state index contributed by atoms with van der Waals surface area (Å²) in [5, 5.41) is 4.03. The molecule has 0 radical (unpaired) electrons. The molecule has 6 heteroatoms. The second-order valence-electron chi connectivity index (χ2n) is 4.81. The molecule has 1 aliphatic heterocycles. The highest BCUT2D eigenvalue weighted by Crippen LogP contribution is 2.18. The van der Waals surface area contributed by atoms with Crippen LogP contribution in [0.5, 0.6) is 5.75 Å². The van der Waals surface area contributed by atoms with Crippen LogP contribution in [0.15, 0.2) is 36.8 Å². The highest BCUT2D eigenvalue weighted by atomic mass is 16.5. The van der Waals surface area contributed by atoms with Gasteiger partial charge in [0.1, 0.15) is 17.5 Å². The first-order valence-electron chi connectivity index (χ1n) is 6.58. The Kier molecular flexibility index (Phi) is 3.37. The Morgan fingerprint density at radius 2 is 2.30 bits per heavy atom. The number of aromatic nitrogens is 3. The number of amides is 1. The molecule has 3 rings (SSSR count). The van der Waals surface area contributed by atoms with Crippen molar-refractivity contribution in [1.29, 1.82) is 0 Å². The van der Waals surface area contributed by atoms with E-state index in [-0.39, 0.29) is 12.0 Å². The van der Waals surface area contributed by atoms with E-state index < -0.39 is 0 Å². The maximum Gasteiger partial charge on any atom is 0.272 e. The molecule has 1 unspecified atom stereocenters. The molecule has 104 valence electrons. The largest absolute Gasteiger partial charge is 0.487 e. The van der Waals surface area contributed by atoms with Crippen molar-refractivity contribution in [3.63, 3.8) is 0 Å². The van der Waals surface area contributed by atoms with Gasteiger partial charge >= 0.3 is 0 Å². The summed E-state index contributed by atoms with van der Waals surface area (Å²) < 4.78 is 7.42. The Labute approximate surface area is 117 Å². The third-order valence-electron chi connectivity index (χ3n) is 3.41. The standard InChI is InChI=1S/C14H16N4O2/c1-17-13(4-7-16-17)14(19)18-8-5-12(10-18)20-11-3-2-6-15-9-11/h2-4,6-7,9,12H,5,8,10H2,1H3. The fraction of sp³-hybridized carbons (Fsp3) is 0.357. The van der Waals surface area contributed by atoms with E-state index in [0.29, 0.717) is 18.8 Å². The van der Waals surface area contributed by atoms with E-state index in [1.807, 2.05) is 12.1 Å². The van der Waals surface area contributed by atoms with Crippen molar-refractivity contribution in [2.45, 2.75) is 12.5 Å². The van der Waals surface area contributed by atoms with Crippen LogP contribution in [-0.4, -0.2) is 44.8 Å². The number of carbonyl (C=O) groups excluding carboxylic acids is 1. The van der Waals surface area contributed by atoms with Crippen molar-refractivity contribution < 1.29 is 9.53 Å². The smallest absolute Gasteiger partial charge is 0.272 e. The Morgan fingerprint density at radius 3 is 3.00 bits per heavy atom. The quantitative estimate of drug-likeness (QED) is 0.839. The van der Waals surface area contributed by atoms with Crippen LogP contribution >= 0.6 is 0 Å². The van der Waals surface area contributed by atoms with E-state index in [4.69, 9.17) is 4.74 Å². The van der Waals surface area contributed by atoms with Crippen LogP contribution < -0.4 is 4.74 Å². The maximum atomic E-state index is 12.3. The molecule has 0 aromatic carbocycles. The summed E-state index contributed by atoms with van der Waals surface area (Å²) in [7, 11) is 1.77. The number of ether oxygens (including phenoxy) is 1. The molecule has 1 aliphatic rings. The first kappa shape index (κ1) is 12.7. The van der Waals surface area contributed by atoms with Crippen molar-refractivity contribution in [2.75, 3.05) is 13.1 Å². The molecule has 6 nitrogen and oxygen atoms in total. The molecule has 2 aromatic heterocycles. The minimum Gasteiger partial charge on any atom is -0.487 e. The van der Waals surface area contributed by atoms with Gasteiger partial charge in [-0.05, 0) is 18.2 Å². The molecule has 0 spiro atoms. The first-order valence-corrected chi connectivity index (χ1v) is 6.58. The van der Waals surface area contributed by atoms with Crippen LogP contribution in [0.1, 0.15) is 16.9 Å². The average molecular weight is 272 g/mol. The zero-order chi connectivity index (χ0) is 13.9. The van der Waals surface area contributed by atoms with Gasteiger partial charge in [-0.3, -0.25) is 14.5 Å². The summed E-state index contributed by atoms with van der Waals surface area (Å²) in [6.45, 7) is 1.30. The predicted molar refractivity (Wildman–Crippen MR) is 72.4 cm³/mol. The average Bonchev–Trinajstić information content (AvgIpc) is 3.08. The van der Waals surface area contributed by atoms with Gasteiger partial charge in [-0.2, -0.15) is 5.10 Å². The van der Waals surface area contributed by atoms with Gasteiger partial charge in [0.25, 0.3) is 5.91 Å². The highest BCUT2D eigenvalue weighted by molar-refractivity contribution is 5.92. The highest BCUT2D eigenvalue weighted by Gasteiger charge is 2.29. The fourth-order valence-electron chi connectivity index (χ4n) is 2.36. The van der Waals surface area contributed by atoms with Crippen molar-refractivity contribution in [3.05, 3.63) is 42.5 Å². The topological polar surface area (TPSA) is 60.2 Å². The number of hydrogen-bond acceptors (Lipinski definition) is 4. The lowest BCUT2D eigenvalue weighted by Crippen LogP contribution is -2.32. The van der Waals surface area contributed by atoms with Crippen LogP contribution in [0.25, 0.3) is 0 Å². The van der Waals surface area contributed by atoms with Crippen LogP contribution in [0.3, 0.4) is 0 Å². The monoisotopic (exact) mass is 272 g/mol. The van der Waals surface area contributed by atoms with Crippen LogP contribution in [-0.2, 0) is 7.05 Å². The third kappa shape index (κ3) is 2.49. The van der Waals surface area contributed by atoms with Gasteiger partial charge in [0.05, 0.1) is 12.7 Å². The van der Waals surface area contributed by atoms with Gasteiger partial charge in [0.2, 0.25) is 0 Å². The van der Waals surface area contributed by atoms with Crippen molar-refractivity contribution in [1.82, 2.24) is 19.7 Å². The SMILES string of the molecule is Cn1nccc1C(=O)N1CCC(Oc2cccnc2)C1. The molecule has 0 aliphatic carbocycles. The van der Waals surface area contributed by atoms with Crippen LogP contribution in [0, 0.1) is 0 Å². The summed E-state index contributed by atoms with van der Waals surface area (Å²) in [5.74, 6) is 0.745. The summed E-state index contributed by atoms with van der Waals surface area (Å²) in [4.78, 5) is 18.1. The number of likely N-dealkylation sites (tertiary alicyclic amines) is 1. The fourth-order valence-corrected chi connectivity index (χ4v) is 2.36. The lowest BCUT2D eigenvalue weighted by atomic mass is 10.3. The molecule has 1 amide bonds. The molecular formula is C14H16N4O2. The van der Waals surface area contributed by atoms with E-state index in [1.54, 1.807) is 41.3 Å². The first-order chi connectivity index (χ1) is 9.74. The van der Waals surface area contributed by atoms with E-state index in [2.05, 4.69) is 10.1 Å². The molecule has 3 heterocycles. The summed E-state index contributed by atoms with van der Waals surface area (Å²) >= 11 is 0. The van der Waals surface area contributed by atoms with E-state index in [1.165, 1.54) is 0 Å². The number of hydrogen-bond donors (Lipinski definition) is 0. The molecule has 2 aromatic rings. The molecule has 0 N–H and O–H groups in total. The molecule has 0 bridgehead atoms. The zero-order valence-corrected chi connectivity index (χ0v) is 11.3. The Bertz CT molecular complexity index is 596. The van der Waals surface area contributed by atoms with Gasteiger partial charge in [0, 0.05) is 32.4 Å². The van der Waals surface area contributed by atoms with Gasteiger partial charge in [-0.15, -0.1) is 0 Å². The Morgan fingerprint density at radius 1 is 1.40 bits per heavy atom. The predicted octanol–water partition coefficient (Wildman–Crippen LogP) is 1.11. The number of carbonyl (C=O) groups is 1. The van der Waals surface area contributed by atoms with Gasteiger partial charge < -0.3 is 9.64 Å². The lowest BCUT2D eigenvalue weighted by Gasteiger charge is -2.17. The number of pyridine rings is 1. The summed E-state index contributed by atoms with van der Waals surface area (Å²) in [6.07, 6.45) is 5.88. The molecule has 1 atom stereocenters. The molecule has 1 saturated heterocycles. The van der Waals surface area contributed by atoms with Crippen LogP contribution in [0.4, 0.5) is 0 Å². The Balaban J connectivity index is 1.62. The molecule has 1 fully saturated rings. The summed E-state index contributed by atoms with van der Waals surface area (Å²) in [5.41, 5.74) is 0.604. The Hall–Kier alpha value is -2.37. The second-order valence-corrected chi connectivity index (χ2v) is 4.81. The normalized spacial score (nSPS) is 18.2. The number of rotatable bonds is 3. The van der Waals surface area contributed by atoms with Gasteiger partial charge in [0.15, 0.2) is 0 Å².